The lowest BCUT2D eigenvalue weighted by Crippen LogP contribution is -2.25. The van der Waals surface area contributed by atoms with E-state index in [1.807, 2.05) is 18.2 Å². The number of halogens is 1. The molecule has 7 heteroatoms. The predicted molar refractivity (Wildman–Crippen MR) is 96.8 cm³/mol. The molecule has 1 fully saturated rings. The molecule has 1 N–H and O–H groups in total. The summed E-state index contributed by atoms with van der Waals surface area (Å²) >= 11 is 7.08. The second-order valence-electron chi connectivity index (χ2n) is 5.70. The van der Waals surface area contributed by atoms with E-state index in [0.717, 1.165) is 23.7 Å². The zero-order valence-corrected chi connectivity index (χ0v) is 14.9. The van der Waals surface area contributed by atoms with Gasteiger partial charge in [-0.05, 0) is 37.0 Å². The summed E-state index contributed by atoms with van der Waals surface area (Å²) in [5.74, 6) is 0.155. The van der Waals surface area contributed by atoms with E-state index in [0.29, 0.717) is 29.2 Å². The van der Waals surface area contributed by atoms with E-state index in [-0.39, 0.29) is 23.5 Å². The monoisotopic (exact) mass is 377 g/mol. The van der Waals surface area contributed by atoms with Crippen LogP contribution in [0.5, 0.6) is 5.75 Å². The maximum atomic E-state index is 12.1. The SMILES string of the molecule is O=C1NC(=O)C(Cc2ccc(OCC(=O)C3=C(Cl)CCC=C3)cc2)S1. The molecule has 1 unspecified atom stereocenters. The van der Waals surface area contributed by atoms with Gasteiger partial charge in [0.05, 0.1) is 5.25 Å². The molecule has 3 rings (SSSR count). The lowest BCUT2D eigenvalue weighted by molar-refractivity contribution is -0.119. The first-order valence-corrected chi connectivity index (χ1v) is 9.10. The third-order valence-electron chi connectivity index (χ3n) is 3.89. The molecule has 1 aromatic rings. The first-order valence-electron chi connectivity index (χ1n) is 7.84. The molecule has 0 aromatic heterocycles. The van der Waals surface area contributed by atoms with Gasteiger partial charge >= 0.3 is 0 Å². The number of ketones is 1. The topological polar surface area (TPSA) is 72.5 Å². The number of nitrogens with one attached hydrogen (secondary N) is 1. The summed E-state index contributed by atoms with van der Waals surface area (Å²) in [5, 5.41) is 2.14. The van der Waals surface area contributed by atoms with Crippen molar-refractivity contribution in [3.63, 3.8) is 0 Å². The Morgan fingerprint density at radius 1 is 1.28 bits per heavy atom. The molecular weight excluding hydrogens is 362 g/mol. The fraction of sp³-hybridized carbons (Fsp3) is 0.278. The summed E-state index contributed by atoms with van der Waals surface area (Å²) in [6.07, 6.45) is 5.67. The third-order valence-corrected chi connectivity index (χ3v) is 5.26. The zero-order chi connectivity index (χ0) is 17.8. The standard InChI is InChI=1S/C18H16ClNO4S/c19-14-4-2-1-3-13(14)15(21)10-24-12-7-5-11(6-8-12)9-16-17(22)20-18(23)25-16/h1,3,5-8,16H,2,4,9-10H2,(H,20,22,23). The van der Waals surface area contributed by atoms with Gasteiger partial charge in [0.1, 0.15) is 5.75 Å². The van der Waals surface area contributed by atoms with Gasteiger partial charge in [0.2, 0.25) is 11.7 Å². The van der Waals surface area contributed by atoms with Crippen molar-refractivity contribution in [2.75, 3.05) is 6.61 Å². The van der Waals surface area contributed by atoms with Crippen molar-refractivity contribution in [3.05, 3.63) is 52.6 Å². The molecule has 1 aliphatic heterocycles. The van der Waals surface area contributed by atoms with Gasteiger partial charge in [0.15, 0.2) is 6.61 Å². The fourth-order valence-electron chi connectivity index (χ4n) is 2.57. The molecule has 2 aliphatic rings. The predicted octanol–water partition coefficient (Wildman–Crippen LogP) is 3.37. The molecule has 5 nitrogen and oxygen atoms in total. The van der Waals surface area contributed by atoms with E-state index in [2.05, 4.69) is 5.32 Å². The molecule has 0 saturated carbocycles. The Labute approximate surface area is 154 Å². The number of rotatable bonds is 6. The van der Waals surface area contributed by atoms with Gasteiger partial charge in [-0.3, -0.25) is 19.7 Å². The normalized spacial score (nSPS) is 20.0. The Morgan fingerprint density at radius 2 is 2.04 bits per heavy atom. The molecule has 130 valence electrons. The second kappa shape index (κ2) is 7.89. The summed E-state index contributed by atoms with van der Waals surface area (Å²) in [6.45, 7) is -0.0787. The first kappa shape index (κ1) is 17.8. The number of hydrogen-bond donors (Lipinski definition) is 1. The number of thioether (sulfide) groups is 1. The Bertz CT molecular complexity index is 770. The maximum Gasteiger partial charge on any atom is 0.286 e. The number of carbonyl (C=O) groups excluding carboxylic acids is 3. The van der Waals surface area contributed by atoms with E-state index in [1.54, 1.807) is 18.2 Å². The van der Waals surface area contributed by atoms with Crippen LogP contribution < -0.4 is 10.1 Å². The first-order chi connectivity index (χ1) is 12.0. The Kier molecular flexibility index (Phi) is 5.60. The Hall–Kier alpha value is -2.05. The van der Waals surface area contributed by atoms with Gasteiger partial charge in [-0.25, -0.2) is 0 Å². The van der Waals surface area contributed by atoms with Crippen LogP contribution >= 0.6 is 23.4 Å². The van der Waals surface area contributed by atoms with E-state index in [9.17, 15) is 14.4 Å². The highest BCUT2D eigenvalue weighted by Crippen LogP contribution is 2.25. The highest BCUT2D eigenvalue weighted by atomic mass is 35.5. The van der Waals surface area contributed by atoms with E-state index in [4.69, 9.17) is 16.3 Å². The van der Waals surface area contributed by atoms with Crippen molar-refractivity contribution in [2.24, 2.45) is 0 Å². The van der Waals surface area contributed by atoms with Gasteiger partial charge in [-0.15, -0.1) is 0 Å². The van der Waals surface area contributed by atoms with Crippen LogP contribution in [0.4, 0.5) is 4.79 Å². The molecule has 1 heterocycles. The van der Waals surface area contributed by atoms with Crippen LogP contribution in [0.15, 0.2) is 47.0 Å². The maximum absolute atomic E-state index is 12.1. The number of carbonyl (C=O) groups is 3. The number of imide groups is 1. The van der Waals surface area contributed by atoms with E-state index < -0.39 is 5.25 Å². The van der Waals surface area contributed by atoms with Crippen molar-refractivity contribution < 1.29 is 19.1 Å². The summed E-state index contributed by atoms with van der Waals surface area (Å²) in [7, 11) is 0. The summed E-state index contributed by atoms with van der Waals surface area (Å²) < 4.78 is 5.52. The minimum Gasteiger partial charge on any atom is -0.485 e. The summed E-state index contributed by atoms with van der Waals surface area (Å²) in [4.78, 5) is 34.9. The highest BCUT2D eigenvalue weighted by molar-refractivity contribution is 8.15. The summed E-state index contributed by atoms with van der Waals surface area (Å²) in [5.41, 5.74) is 1.43. The van der Waals surface area contributed by atoms with Gasteiger partial charge in [0.25, 0.3) is 5.24 Å². The average Bonchev–Trinajstić information content (AvgIpc) is 2.91. The van der Waals surface area contributed by atoms with Crippen LogP contribution in [-0.4, -0.2) is 28.8 Å². The van der Waals surface area contributed by atoms with Crippen molar-refractivity contribution in [2.45, 2.75) is 24.5 Å². The molecule has 0 spiro atoms. The lowest BCUT2D eigenvalue weighted by Gasteiger charge is -2.11. The molecule has 2 amide bonds. The Balaban J connectivity index is 1.54. The van der Waals surface area contributed by atoms with Crippen LogP contribution in [0.2, 0.25) is 0 Å². The summed E-state index contributed by atoms with van der Waals surface area (Å²) in [6, 6.07) is 7.13. The number of Topliss-reactive ketones (excluding diaryl/α,β-unsaturated/α-hetero) is 1. The molecule has 25 heavy (non-hydrogen) atoms. The largest absolute Gasteiger partial charge is 0.485 e. The molecular formula is C18H16ClNO4S. The van der Waals surface area contributed by atoms with Gasteiger partial charge in [-0.2, -0.15) is 0 Å². The van der Waals surface area contributed by atoms with Gasteiger partial charge < -0.3 is 4.74 Å². The van der Waals surface area contributed by atoms with Crippen molar-refractivity contribution in [1.29, 1.82) is 0 Å². The van der Waals surface area contributed by atoms with Crippen LogP contribution in [0.1, 0.15) is 18.4 Å². The fourth-order valence-corrected chi connectivity index (χ4v) is 3.71. The number of ether oxygens (including phenoxy) is 1. The van der Waals surface area contributed by atoms with Crippen LogP contribution in [0.25, 0.3) is 0 Å². The third kappa shape index (κ3) is 4.52. The molecule has 1 aliphatic carbocycles. The van der Waals surface area contributed by atoms with Crippen molar-refractivity contribution in [3.8, 4) is 5.75 Å². The van der Waals surface area contributed by atoms with E-state index >= 15 is 0 Å². The van der Waals surface area contributed by atoms with Crippen LogP contribution in [0, 0.1) is 0 Å². The van der Waals surface area contributed by atoms with Gasteiger partial charge in [0, 0.05) is 10.6 Å². The lowest BCUT2D eigenvalue weighted by atomic mass is 10.0. The minimum absolute atomic E-state index is 0.0787. The zero-order valence-electron chi connectivity index (χ0n) is 13.3. The molecule has 0 radical (unpaired) electrons. The molecule has 0 bridgehead atoms. The highest BCUT2D eigenvalue weighted by Gasteiger charge is 2.31. The molecule has 1 aromatic carbocycles. The average molecular weight is 378 g/mol. The number of amides is 2. The van der Waals surface area contributed by atoms with Crippen LogP contribution in [-0.2, 0) is 16.0 Å². The van der Waals surface area contributed by atoms with Crippen molar-refractivity contribution >= 4 is 40.3 Å². The molecule has 1 saturated heterocycles. The van der Waals surface area contributed by atoms with Gasteiger partial charge in [-0.1, -0.05) is 47.6 Å². The second-order valence-corrected chi connectivity index (χ2v) is 7.33. The molecule has 1 atom stereocenters. The smallest absolute Gasteiger partial charge is 0.286 e. The number of benzene rings is 1. The van der Waals surface area contributed by atoms with E-state index in [1.165, 1.54) is 0 Å². The quantitative estimate of drug-likeness (QED) is 0.822. The van der Waals surface area contributed by atoms with Crippen molar-refractivity contribution in [1.82, 2.24) is 5.32 Å². The number of hydrogen-bond acceptors (Lipinski definition) is 5. The minimum atomic E-state index is -0.395. The Morgan fingerprint density at radius 3 is 2.68 bits per heavy atom. The number of allylic oxidation sites excluding steroid dienone is 3. The van der Waals surface area contributed by atoms with Crippen LogP contribution in [0.3, 0.4) is 0 Å².